The first-order chi connectivity index (χ1) is 8.56. The number of nitro groups is 1. The van der Waals surface area contributed by atoms with Gasteiger partial charge in [-0.25, -0.2) is 10.1 Å². The first kappa shape index (κ1) is 16.9. The van der Waals surface area contributed by atoms with Crippen molar-refractivity contribution < 1.29 is 9.77 Å². The second kappa shape index (κ2) is 8.11. The van der Waals surface area contributed by atoms with Crippen LogP contribution >= 0.6 is 12.4 Å². The topological polar surface area (TPSA) is 126 Å². The fraction of sp³-hybridized carbons (Fsp3) is 0.300. The average molecular weight is 290 g/mol. The largest absolute Gasteiger partial charge is 0.494 e. The van der Waals surface area contributed by atoms with E-state index < -0.39 is 11.0 Å². The molecule has 0 bridgehead atoms. The highest BCUT2D eigenvalue weighted by atomic mass is 35.5. The summed E-state index contributed by atoms with van der Waals surface area (Å²) in [5.74, 6) is 0.242. The fourth-order valence-corrected chi connectivity index (χ4v) is 1.38. The molecular weight excluding hydrogens is 274 g/mol. The van der Waals surface area contributed by atoms with Crippen molar-refractivity contribution in [3.63, 3.8) is 0 Å². The standard InChI is InChI=1S/C10H15N5O3.ClH/c1-2-18-9-4-3-8(5-7(9)6-11)13-10(12)14-15(16)17;/h3-5H,2,6,11H2,1H3,(H3,12,13,14);1H. The quantitative estimate of drug-likeness (QED) is 0.278. The van der Waals surface area contributed by atoms with E-state index >= 15 is 0 Å². The summed E-state index contributed by atoms with van der Waals surface area (Å²) in [5.41, 5.74) is 8.56. The van der Waals surface area contributed by atoms with Gasteiger partial charge in [-0.05, 0) is 25.1 Å². The second-order valence-corrected chi connectivity index (χ2v) is 3.33. The summed E-state index contributed by atoms with van der Waals surface area (Å²) < 4.78 is 5.37. The Kier molecular flexibility index (Phi) is 7.23. The van der Waals surface area contributed by atoms with Crippen LogP contribution in [-0.2, 0) is 6.54 Å². The van der Waals surface area contributed by atoms with Gasteiger partial charge in [0.15, 0.2) is 5.03 Å². The van der Waals surface area contributed by atoms with E-state index in [2.05, 4.69) is 5.32 Å². The van der Waals surface area contributed by atoms with Gasteiger partial charge >= 0.3 is 0 Å². The Morgan fingerprint density at radius 1 is 1.58 bits per heavy atom. The van der Waals surface area contributed by atoms with Crippen LogP contribution in [0.3, 0.4) is 0 Å². The van der Waals surface area contributed by atoms with Crippen LogP contribution < -0.4 is 21.2 Å². The van der Waals surface area contributed by atoms with E-state index in [0.717, 1.165) is 5.56 Å². The highest BCUT2D eigenvalue weighted by Crippen LogP contribution is 2.22. The van der Waals surface area contributed by atoms with Crippen LogP contribution in [-0.4, -0.2) is 17.6 Å². The van der Waals surface area contributed by atoms with Crippen LogP contribution in [0.1, 0.15) is 12.5 Å². The van der Waals surface area contributed by atoms with Crippen LogP contribution in [0.5, 0.6) is 5.75 Å². The number of anilines is 1. The van der Waals surface area contributed by atoms with Crippen LogP contribution in [0.2, 0.25) is 0 Å². The molecule has 106 valence electrons. The molecule has 0 aliphatic heterocycles. The number of benzene rings is 1. The molecule has 0 radical (unpaired) electrons. The molecule has 0 spiro atoms. The van der Waals surface area contributed by atoms with Crippen molar-refractivity contribution in [2.24, 2.45) is 5.73 Å². The summed E-state index contributed by atoms with van der Waals surface area (Å²) in [6.45, 7) is 2.67. The van der Waals surface area contributed by atoms with Gasteiger partial charge < -0.3 is 15.8 Å². The number of nitrogens with two attached hydrogens (primary N) is 1. The van der Waals surface area contributed by atoms with E-state index in [4.69, 9.17) is 15.9 Å². The molecule has 0 heterocycles. The maximum absolute atomic E-state index is 10.1. The van der Waals surface area contributed by atoms with Gasteiger partial charge in [-0.3, -0.25) is 5.41 Å². The molecule has 5 N–H and O–H groups in total. The van der Waals surface area contributed by atoms with E-state index in [9.17, 15) is 10.1 Å². The molecule has 0 aromatic heterocycles. The maximum atomic E-state index is 10.1. The Bertz CT molecular complexity index is 455. The van der Waals surface area contributed by atoms with E-state index in [0.29, 0.717) is 18.0 Å². The molecule has 0 aliphatic carbocycles. The molecule has 1 aromatic carbocycles. The highest BCUT2D eigenvalue weighted by Gasteiger charge is 2.07. The summed E-state index contributed by atoms with van der Waals surface area (Å²) in [7, 11) is 0. The maximum Gasteiger partial charge on any atom is 0.255 e. The zero-order valence-electron chi connectivity index (χ0n) is 10.3. The molecule has 9 heteroatoms. The first-order valence-corrected chi connectivity index (χ1v) is 5.29. The average Bonchev–Trinajstić information content (AvgIpc) is 2.30. The van der Waals surface area contributed by atoms with Gasteiger partial charge in [0.1, 0.15) is 5.75 Å². The predicted molar refractivity (Wildman–Crippen MR) is 74.2 cm³/mol. The molecule has 1 aromatic rings. The van der Waals surface area contributed by atoms with Gasteiger partial charge in [-0.15, -0.1) is 12.4 Å². The zero-order valence-corrected chi connectivity index (χ0v) is 11.1. The third kappa shape index (κ3) is 5.40. The molecule has 1 rings (SSSR count). The molecule has 0 saturated carbocycles. The van der Waals surface area contributed by atoms with Crippen molar-refractivity contribution in [2.45, 2.75) is 13.5 Å². The lowest BCUT2D eigenvalue weighted by atomic mass is 10.2. The van der Waals surface area contributed by atoms with E-state index in [-0.39, 0.29) is 19.0 Å². The zero-order chi connectivity index (χ0) is 13.5. The molecule has 0 saturated heterocycles. The summed E-state index contributed by atoms with van der Waals surface area (Å²) in [6.07, 6.45) is 0. The van der Waals surface area contributed by atoms with Crippen molar-refractivity contribution in [3.05, 3.63) is 33.9 Å². The molecule has 8 nitrogen and oxygen atoms in total. The highest BCUT2D eigenvalue weighted by molar-refractivity contribution is 5.90. The smallest absolute Gasteiger partial charge is 0.255 e. The Balaban J connectivity index is 0.00000324. The van der Waals surface area contributed by atoms with Gasteiger partial charge in [0.05, 0.1) is 6.61 Å². The van der Waals surface area contributed by atoms with Gasteiger partial charge in [0, 0.05) is 17.8 Å². The summed E-state index contributed by atoms with van der Waals surface area (Å²) in [5, 5.41) is 19.2. The molecule has 0 atom stereocenters. The Morgan fingerprint density at radius 2 is 2.26 bits per heavy atom. The first-order valence-electron chi connectivity index (χ1n) is 5.29. The van der Waals surface area contributed by atoms with Gasteiger partial charge in [-0.2, -0.15) is 0 Å². The van der Waals surface area contributed by atoms with Crippen LogP contribution in [0, 0.1) is 15.5 Å². The number of hydrogen-bond acceptors (Lipinski definition) is 5. The van der Waals surface area contributed by atoms with E-state index in [1.807, 2.05) is 6.92 Å². The summed E-state index contributed by atoms with van der Waals surface area (Å²) in [6, 6.07) is 5.04. The summed E-state index contributed by atoms with van der Waals surface area (Å²) in [4.78, 5) is 10.1. The van der Waals surface area contributed by atoms with Crippen molar-refractivity contribution >= 4 is 24.1 Å². The van der Waals surface area contributed by atoms with E-state index in [1.54, 1.807) is 23.6 Å². The van der Waals surface area contributed by atoms with Crippen molar-refractivity contribution in [1.29, 1.82) is 5.41 Å². The van der Waals surface area contributed by atoms with Crippen LogP contribution in [0.4, 0.5) is 5.69 Å². The minimum atomic E-state index is -0.812. The van der Waals surface area contributed by atoms with Crippen LogP contribution in [0.15, 0.2) is 18.2 Å². The van der Waals surface area contributed by atoms with E-state index in [1.165, 1.54) is 0 Å². The molecular formula is C10H16ClN5O3. The Hall–Kier alpha value is -2.06. The number of guanidine groups is 1. The Morgan fingerprint density at radius 3 is 2.79 bits per heavy atom. The summed E-state index contributed by atoms with van der Waals surface area (Å²) >= 11 is 0. The number of ether oxygens (including phenoxy) is 1. The molecule has 0 aliphatic rings. The third-order valence-electron chi connectivity index (χ3n) is 2.05. The number of nitrogens with one attached hydrogen (secondary N) is 3. The molecule has 19 heavy (non-hydrogen) atoms. The Labute approximate surface area is 116 Å². The lowest BCUT2D eigenvalue weighted by Gasteiger charge is -2.11. The van der Waals surface area contributed by atoms with Gasteiger partial charge in [-0.1, -0.05) is 5.43 Å². The lowest BCUT2D eigenvalue weighted by Crippen LogP contribution is -2.34. The minimum Gasteiger partial charge on any atom is -0.494 e. The molecule has 0 amide bonds. The SMILES string of the molecule is CCOc1ccc(NC(=N)N[N+](=O)[O-])cc1CN.Cl. The van der Waals surface area contributed by atoms with Crippen molar-refractivity contribution in [2.75, 3.05) is 11.9 Å². The fourth-order valence-electron chi connectivity index (χ4n) is 1.38. The number of halogens is 1. The van der Waals surface area contributed by atoms with Crippen molar-refractivity contribution in [3.8, 4) is 5.75 Å². The third-order valence-corrected chi connectivity index (χ3v) is 2.05. The van der Waals surface area contributed by atoms with Crippen LogP contribution in [0.25, 0.3) is 0 Å². The van der Waals surface area contributed by atoms with Crippen molar-refractivity contribution in [1.82, 2.24) is 5.43 Å². The monoisotopic (exact) mass is 289 g/mol. The predicted octanol–water partition coefficient (Wildman–Crippen LogP) is 1.09. The minimum absolute atomic E-state index is 0. The van der Waals surface area contributed by atoms with Gasteiger partial charge in [0.25, 0.3) is 5.96 Å². The number of hydrogen-bond donors (Lipinski definition) is 4. The molecule has 0 unspecified atom stereocenters. The lowest BCUT2D eigenvalue weighted by molar-refractivity contribution is -0.525. The second-order valence-electron chi connectivity index (χ2n) is 3.33. The normalized spacial score (nSPS) is 9.16. The van der Waals surface area contributed by atoms with Gasteiger partial charge in [0.2, 0.25) is 0 Å². The molecule has 0 fully saturated rings. The number of hydrazine groups is 1. The number of rotatable bonds is 5. The number of nitrogens with zero attached hydrogens (tertiary/aromatic N) is 1.